The molecule has 0 radical (unpaired) electrons. The summed E-state index contributed by atoms with van der Waals surface area (Å²) >= 11 is 0. The Labute approximate surface area is 171 Å². The van der Waals surface area contributed by atoms with Crippen LogP contribution in [0.15, 0.2) is 65.3 Å². The van der Waals surface area contributed by atoms with Gasteiger partial charge in [-0.3, -0.25) is 9.59 Å². The average Bonchev–Trinajstić information content (AvgIpc) is 2.96. The molecule has 1 aromatic carbocycles. The maximum absolute atomic E-state index is 12.7. The zero-order valence-corrected chi connectivity index (χ0v) is 17.3. The van der Waals surface area contributed by atoms with Crippen molar-refractivity contribution in [2.75, 3.05) is 13.7 Å². The molecule has 6 nitrogen and oxygen atoms in total. The molecule has 0 fully saturated rings. The molecule has 1 aromatic rings. The third kappa shape index (κ3) is 4.70. The van der Waals surface area contributed by atoms with Gasteiger partial charge in [-0.2, -0.15) is 0 Å². The summed E-state index contributed by atoms with van der Waals surface area (Å²) in [6.07, 6.45) is 4.68. The Morgan fingerprint density at radius 3 is 2.59 bits per heavy atom. The van der Waals surface area contributed by atoms with Gasteiger partial charge >= 0.3 is 5.97 Å². The minimum atomic E-state index is -0.378. The molecule has 0 bridgehead atoms. The van der Waals surface area contributed by atoms with Gasteiger partial charge in [-0.25, -0.2) is 0 Å². The Morgan fingerprint density at radius 2 is 1.93 bits per heavy atom. The standard InChI is InChI=1S/C23H27NO5/c1-15(25)29-13-18(24-22(26)16-8-6-5-7-9-16)10-19-21-17(11-23(19,2)3)12-28-14-20(21)27-4/h5-9,12,14,18H,10-11,13H2,1-4H3,(H,24,26). The highest BCUT2D eigenvalue weighted by molar-refractivity contribution is 5.94. The largest absolute Gasteiger partial charge is 0.493 e. The first-order valence-electron chi connectivity index (χ1n) is 9.64. The van der Waals surface area contributed by atoms with Crippen molar-refractivity contribution < 1.29 is 23.8 Å². The Balaban J connectivity index is 1.88. The summed E-state index contributed by atoms with van der Waals surface area (Å²) in [7, 11) is 1.61. The molecule has 29 heavy (non-hydrogen) atoms. The first kappa shape index (κ1) is 20.7. The van der Waals surface area contributed by atoms with Crippen LogP contribution >= 0.6 is 0 Å². The number of carbonyl (C=O) groups excluding carboxylic acids is 2. The fraction of sp³-hybridized carbons (Fsp3) is 0.391. The van der Waals surface area contributed by atoms with Crippen molar-refractivity contribution in [2.45, 2.75) is 39.7 Å². The van der Waals surface area contributed by atoms with E-state index in [0.29, 0.717) is 17.7 Å². The SMILES string of the molecule is COC1=COC=C2CC(C)(C)C(CC(COC(C)=O)NC(=O)c3ccccc3)=C21. The molecule has 1 aliphatic heterocycles. The highest BCUT2D eigenvalue weighted by Gasteiger charge is 2.40. The molecule has 0 aromatic heterocycles. The molecule has 6 heteroatoms. The van der Waals surface area contributed by atoms with Crippen LogP contribution in [-0.4, -0.2) is 31.6 Å². The van der Waals surface area contributed by atoms with Gasteiger partial charge < -0.3 is 19.5 Å². The maximum Gasteiger partial charge on any atom is 0.302 e. The fourth-order valence-corrected chi connectivity index (χ4v) is 3.85. The lowest BCUT2D eigenvalue weighted by Gasteiger charge is -2.27. The smallest absolute Gasteiger partial charge is 0.302 e. The van der Waals surface area contributed by atoms with Gasteiger partial charge in [0.1, 0.15) is 12.9 Å². The van der Waals surface area contributed by atoms with Crippen LogP contribution in [0.3, 0.4) is 0 Å². The van der Waals surface area contributed by atoms with Crippen molar-refractivity contribution in [2.24, 2.45) is 5.41 Å². The van der Waals surface area contributed by atoms with Crippen LogP contribution in [-0.2, 0) is 19.0 Å². The van der Waals surface area contributed by atoms with Gasteiger partial charge in [0.2, 0.25) is 0 Å². The topological polar surface area (TPSA) is 73.9 Å². The molecule has 0 spiro atoms. The number of carbonyl (C=O) groups is 2. The lowest BCUT2D eigenvalue weighted by Crippen LogP contribution is -2.40. The summed E-state index contributed by atoms with van der Waals surface area (Å²) in [5, 5.41) is 3.02. The molecular formula is C23H27NO5. The quantitative estimate of drug-likeness (QED) is 0.707. The molecule has 1 N–H and O–H groups in total. The maximum atomic E-state index is 12.7. The van der Waals surface area contributed by atoms with Crippen molar-refractivity contribution in [1.82, 2.24) is 5.32 Å². The van der Waals surface area contributed by atoms with E-state index in [1.807, 2.05) is 18.2 Å². The molecule has 1 amide bonds. The molecule has 1 aliphatic carbocycles. The van der Waals surface area contributed by atoms with E-state index < -0.39 is 0 Å². The van der Waals surface area contributed by atoms with Crippen LogP contribution in [0, 0.1) is 5.41 Å². The van der Waals surface area contributed by atoms with Crippen LogP contribution in [0.2, 0.25) is 0 Å². The van der Waals surface area contributed by atoms with Crippen molar-refractivity contribution in [3.05, 3.63) is 70.9 Å². The molecule has 0 saturated heterocycles. The molecule has 3 rings (SSSR count). The monoisotopic (exact) mass is 397 g/mol. The number of methoxy groups -OCH3 is 1. The van der Waals surface area contributed by atoms with E-state index >= 15 is 0 Å². The summed E-state index contributed by atoms with van der Waals surface area (Å²) in [6, 6.07) is 8.63. The third-order valence-corrected chi connectivity index (χ3v) is 5.23. The normalized spacial score (nSPS) is 18.1. The second kappa shape index (κ2) is 8.55. The van der Waals surface area contributed by atoms with Crippen LogP contribution in [0.4, 0.5) is 0 Å². The summed E-state index contributed by atoms with van der Waals surface area (Å²) < 4.78 is 16.2. The zero-order valence-electron chi connectivity index (χ0n) is 17.3. The first-order chi connectivity index (χ1) is 13.8. The van der Waals surface area contributed by atoms with Gasteiger partial charge in [0.15, 0.2) is 5.76 Å². The van der Waals surface area contributed by atoms with E-state index in [1.165, 1.54) is 6.92 Å². The van der Waals surface area contributed by atoms with Crippen molar-refractivity contribution in [3.63, 3.8) is 0 Å². The number of esters is 1. The number of nitrogens with one attached hydrogen (secondary N) is 1. The number of hydrogen-bond acceptors (Lipinski definition) is 5. The Morgan fingerprint density at radius 1 is 1.21 bits per heavy atom. The van der Waals surface area contributed by atoms with Crippen molar-refractivity contribution >= 4 is 11.9 Å². The summed E-state index contributed by atoms with van der Waals surface area (Å²) in [6.45, 7) is 5.78. The molecule has 1 atom stereocenters. The predicted octanol–water partition coefficient (Wildman–Crippen LogP) is 3.87. The molecule has 0 saturated carbocycles. The number of fused-ring (bicyclic) bond motifs is 1. The fourth-order valence-electron chi connectivity index (χ4n) is 3.85. The van der Waals surface area contributed by atoms with E-state index in [-0.39, 0.29) is 29.9 Å². The van der Waals surface area contributed by atoms with Crippen LogP contribution in [0.1, 0.15) is 44.0 Å². The number of allylic oxidation sites excluding steroid dienone is 1. The van der Waals surface area contributed by atoms with E-state index in [4.69, 9.17) is 14.2 Å². The first-order valence-corrected chi connectivity index (χ1v) is 9.64. The minimum Gasteiger partial charge on any atom is -0.493 e. The number of rotatable bonds is 7. The Kier molecular flexibility index (Phi) is 6.11. The summed E-state index contributed by atoms with van der Waals surface area (Å²) in [4.78, 5) is 24.1. The molecule has 154 valence electrons. The zero-order chi connectivity index (χ0) is 21.0. The number of hydrogen-bond donors (Lipinski definition) is 1. The van der Waals surface area contributed by atoms with Gasteiger partial charge in [0, 0.05) is 18.1 Å². The van der Waals surface area contributed by atoms with E-state index in [9.17, 15) is 9.59 Å². The van der Waals surface area contributed by atoms with Crippen molar-refractivity contribution in [1.29, 1.82) is 0 Å². The summed E-state index contributed by atoms with van der Waals surface area (Å²) in [5.41, 5.74) is 3.66. The Bertz CT molecular complexity index is 880. The molecule has 2 aliphatic rings. The van der Waals surface area contributed by atoms with Gasteiger partial charge in [-0.15, -0.1) is 0 Å². The molecular weight excluding hydrogens is 370 g/mol. The summed E-state index contributed by atoms with van der Waals surface area (Å²) in [5.74, 6) is 0.0922. The van der Waals surface area contributed by atoms with Gasteiger partial charge in [-0.1, -0.05) is 37.6 Å². The average molecular weight is 397 g/mol. The van der Waals surface area contributed by atoms with Crippen LogP contribution in [0.5, 0.6) is 0 Å². The van der Waals surface area contributed by atoms with Crippen LogP contribution in [0.25, 0.3) is 0 Å². The van der Waals surface area contributed by atoms with Crippen molar-refractivity contribution in [3.8, 4) is 0 Å². The third-order valence-electron chi connectivity index (χ3n) is 5.23. The van der Waals surface area contributed by atoms with E-state index in [0.717, 1.165) is 23.1 Å². The number of ether oxygens (including phenoxy) is 3. The molecule has 1 unspecified atom stereocenters. The second-order valence-electron chi connectivity index (χ2n) is 7.92. The highest BCUT2D eigenvalue weighted by atomic mass is 16.5. The lowest BCUT2D eigenvalue weighted by atomic mass is 9.81. The van der Waals surface area contributed by atoms with E-state index in [1.54, 1.807) is 31.8 Å². The van der Waals surface area contributed by atoms with Gasteiger partial charge in [0.25, 0.3) is 5.91 Å². The second-order valence-corrected chi connectivity index (χ2v) is 7.92. The van der Waals surface area contributed by atoms with Gasteiger partial charge in [0.05, 0.1) is 19.4 Å². The van der Waals surface area contributed by atoms with Gasteiger partial charge in [-0.05, 0) is 36.0 Å². The molecule has 1 heterocycles. The Hall–Kier alpha value is -3.02. The highest BCUT2D eigenvalue weighted by Crippen LogP contribution is 2.51. The minimum absolute atomic E-state index is 0.0995. The number of amides is 1. The van der Waals surface area contributed by atoms with E-state index in [2.05, 4.69) is 19.2 Å². The predicted molar refractivity (Wildman–Crippen MR) is 109 cm³/mol. The van der Waals surface area contributed by atoms with Crippen LogP contribution < -0.4 is 5.32 Å². The lowest BCUT2D eigenvalue weighted by molar-refractivity contribution is -0.141. The number of benzene rings is 1.